The number of aryl methyl sites for hydroxylation is 1. The topological polar surface area (TPSA) is 24.9 Å². The molecule has 1 aliphatic carbocycles. The fraction of sp³-hybridized carbons (Fsp3) is 0.438. The molecule has 0 atom stereocenters. The molecule has 0 fully saturated rings. The maximum Gasteiger partial charge on any atom is 0.0927 e. The molecule has 2 nitrogen and oxygen atoms in total. The van der Waals surface area contributed by atoms with Gasteiger partial charge in [-0.2, -0.15) is 0 Å². The third-order valence-electron chi connectivity index (χ3n) is 3.87. The number of rotatable bonds is 3. The van der Waals surface area contributed by atoms with E-state index < -0.39 is 0 Å². The van der Waals surface area contributed by atoms with Crippen molar-refractivity contribution >= 4 is 39.8 Å². The molecule has 4 heteroatoms. The molecule has 1 heterocycles. The van der Waals surface area contributed by atoms with Gasteiger partial charge in [0.25, 0.3) is 0 Å². The molecule has 1 aliphatic rings. The summed E-state index contributed by atoms with van der Waals surface area (Å²) in [6, 6.07) is 3.69. The van der Waals surface area contributed by atoms with Gasteiger partial charge in [-0.25, -0.2) is 0 Å². The third-order valence-corrected chi connectivity index (χ3v) is 4.49. The van der Waals surface area contributed by atoms with Gasteiger partial charge in [-0.15, -0.1) is 0 Å². The molecule has 0 aliphatic heterocycles. The molecule has 3 rings (SSSR count). The average Bonchev–Trinajstić information content (AvgIpc) is 2.48. The van der Waals surface area contributed by atoms with Crippen LogP contribution in [0.15, 0.2) is 12.1 Å². The molecule has 1 aromatic carbocycles. The summed E-state index contributed by atoms with van der Waals surface area (Å²) in [5.41, 5.74) is 4.50. The van der Waals surface area contributed by atoms with Crippen LogP contribution in [0.2, 0.25) is 10.0 Å². The van der Waals surface area contributed by atoms with Crippen LogP contribution in [0.25, 0.3) is 10.9 Å². The van der Waals surface area contributed by atoms with E-state index in [1.54, 1.807) is 0 Å². The Morgan fingerprint density at radius 1 is 1.15 bits per heavy atom. The van der Waals surface area contributed by atoms with Crippen LogP contribution in [0, 0.1) is 0 Å². The summed E-state index contributed by atoms with van der Waals surface area (Å²) in [5.74, 6) is 0. The predicted octanol–water partition coefficient (Wildman–Crippen LogP) is 5.24. The maximum atomic E-state index is 6.42. The molecule has 2 aromatic rings. The van der Waals surface area contributed by atoms with Crippen LogP contribution >= 0.6 is 23.2 Å². The van der Waals surface area contributed by atoms with Gasteiger partial charge in [0, 0.05) is 17.6 Å². The Labute approximate surface area is 129 Å². The second-order valence-corrected chi connectivity index (χ2v) is 6.11. The largest absolute Gasteiger partial charge is 0.384 e. The van der Waals surface area contributed by atoms with Gasteiger partial charge in [0.05, 0.1) is 21.2 Å². The third kappa shape index (κ3) is 2.36. The number of pyridine rings is 1. The van der Waals surface area contributed by atoms with Crippen LogP contribution in [0.1, 0.15) is 37.4 Å². The highest BCUT2D eigenvalue weighted by molar-refractivity contribution is 6.41. The molecule has 0 saturated carbocycles. The van der Waals surface area contributed by atoms with E-state index in [4.69, 9.17) is 28.2 Å². The van der Waals surface area contributed by atoms with Gasteiger partial charge in [-0.1, -0.05) is 30.1 Å². The highest BCUT2D eigenvalue weighted by Gasteiger charge is 2.20. The second-order valence-electron chi connectivity index (χ2n) is 5.30. The van der Waals surface area contributed by atoms with Crippen LogP contribution in [0.3, 0.4) is 0 Å². The first-order valence-corrected chi connectivity index (χ1v) is 8.01. The predicted molar refractivity (Wildman–Crippen MR) is 87.2 cm³/mol. The van der Waals surface area contributed by atoms with E-state index in [0.717, 1.165) is 47.4 Å². The zero-order chi connectivity index (χ0) is 14.1. The van der Waals surface area contributed by atoms with Crippen molar-refractivity contribution < 1.29 is 0 Å². The zero-order valence-corrected chi connectivity index (χ0v) is 13.1. The first-order chi connectivity index (χ1) is 9.72. The summed E-state index contributed by atoms with van der Waals surface area (Å²) in [6.45, 7) is 3.10. The molecule has 0 spiro atoms. The van der Waals surface area contributed by atoms with Crippen LogP contribution in [0.4, 0.5) is 5.69 Å². The number of fused-ring (bicyclic) bond motifs is 2. The quantitative estimate of drug-likeness (QED) is 0.838. The Morgan fingerprint density at radius 3 is 2.70 bits per heavy atom. The van der Waals surface area contributed by atoms with Crippen molar-refractivity contribution in [1.29, 1.82) is 0 Å². The molecule has 0 amide bonds. The number of nitrogens with one attached hydrogen (secondary N) is 1. The van der Waals surface area contributed by atoms with Crippen LogP contribution in [0.5, 0.6) is 0 Å². The SMILES string of the molecule is CCCNc1c2c(nc3c(Cl)ccc(Cl)c13)CCCC2. The van der Waals surface area contributed by atoms with E-state index in [9.17, 15) is 0 Å². The Morgan fingerprint density at radius 2 is 1.90 bits per heavy atom. The van der Waals surface area contributed by atoms with Crippen molar-refractivity contribution in [3.63, 3.8) is 0 Å². The lowest BCUT2D eigenvalue weighted by molar-refractivity contribution is 0.672. The maximum absolute atomic E-state index is 6.42. The zero-order valence-electron chi connectivity index (χ0n) is 11.6. The van der Waals surface area contributed by atoms with Crippen molar-refractivity contribution in [3.8, 4) is 0 Å². The second kappa shape index (κ2) is 5.79. The first kappa shape index (κ1) is 14.0. The molecule has 0 saturated heterocycles. The molecule has 0 radical (unpaired) electrons. The highest BCUT2D eigenvalue weighted by Crippen LogP contribution is 2.39. The van der Waals surface area contributed by atoms with Gasteiger partial charge in [0.2, 0.25) is 0 Å². The molecule has 0 unspecified atom stereocenters. The lowest BCUT2D eigenvalue weighted by Gasteiger charge is -2.22. The minimum absolute atomic E-state index is 0.678. The normalized spacial score (nSPS) is 14.3. The van der Waals surface area contributed by atoms with Gasteiger partial charge < -0.3 is 5.32 Å². The van der Waals surface area contributed by atoms with E-state index in [1.165, 1.54) is 24.1 Å². The van der Waals surface area contributed by atoms with Gasteiger partial charge >= 0.3 is 0 Å². The summed E-state index contributed by atoms with van der Waals surface area (Å²) in [7, 11) is 0. The number of hydrogen-bond donors (Lipinski definition) is 1. The molecule has 0 bridgehead atoms. The van der Waals surface area contributed by atoms with Crippen molar-refractivity contribution in [2.75, 3.05) is 11.9 Å². The van der Waals surface area contributed by atoms with Gasteiger partial charge in [0.1, 0.15) is 0 Å². The Bertz CT molecular complexity index is 653. The fourth-order valence-electron chi connectivity index (χ4n) is 2.90. The number of nitrogens with zero attached hydrogens (tertiary/aromatic N) is 1. The van der Waals surface area contributed by atoms with Gasteiger partial charge in [-0.05, 0) is 49.8 Å². The summed E-state index contributed by atoms with van der Waals surface area (Å²) in [4.78, 5) is 4.79. The highest BCUT2D eigenvalue weighted by atomic mass is 35.5. The summed E-state index contributed by atoms with van der Waals surface area (Å²) >= 11 is 12.7. The van der Waals surface area contributed by atoms with E-state index >= 15 is 0 Å². The smallest absolute Gasteiger partial charge is 0.0927 e. The van der Waals surface area contributed by atoms with Crippen molar-refractivity contribution in [3.05, 3.63) is 33.4 Å². The van der Waals surface area contributed by atoms with E-state index in [2.05, 4.69) is 12.2 Å². The summed E-state index contributed by atoms with van der Waals surface area (Å²) in [5, 5.41) is 5.93. The summed E-state index contributed by atoms with van der Waals surface area (Å²) in [6.07, 6.45) is 5.62. The fourth-order valence-corrected chi connectivity index (χ4v) is 3.35. The Hall–Kier alpha value is -0.990. The van der Waals surface area contributed by atoms with Crippen LogP contribution in [-0.2, 0) is 12.8 Å². The molecular formula is C16H18Cl2N2. The van der Waals surface area contributed by atoms with Crippen LogP contribution < -0.4 is 5.32 Å². The van der Waals surface area contributed by atoms with Crippen molar-refractivity contribution in [2.45, 2.75) is 39.0 Å². The lowest BCUT2D eigenvalue weighted by atomic mass is 9.92. The van der Waals surface area contributed by atoms with E-state index in [1.807, 2.05) is 12.1 Å². The van der Waals surface area contributed by atoms with Crippen molar-refractivity contribution in [1.82, 2.24) is 4.98 Å². The van der Waals surface area contributed by atoms with Crippen molar-refractivity contribution in [2.24, 2.45) is 0 Å². The molecule has 106 valence electrons. The van der Waals surface area contributed by atoms with E-state index in [-0.39, 0.29) is 0 Å². The Kier molecular flexibility index (Phi) is 4.04. The standard InChI is InChI=1S/C16H18Cl2N2/c1-2-9-19-15-10-5-3-4-6-13(10)20-16-12(18)8-7-11(17)14(15)16/h7-8H,2-6,9H2,1H3,(H,19,20). The number of halogens is 2. The van der Waals surface area contributed by atoms with E-state index in [0.29, 0.717) is 5.02 Å². The number of aromatic nitrogens is 1. The number of benzene rings is 1. The molecular weight excluding hydrogens is 291 g/mol. The molecule has 20 heavy (non-hydrogen) atoms. The number of anilines is 1. The lowest BCUT2D eigenvalue weighted by Crippen LogP contribution is -2.12. The monoisotopic (exact) mass is 308 g/mol. The van der Waals surface area contributed by atoms with Gasteiger partial charge in [0.15, 0.2) is 0 Å². The Balaban J connectivity index is 2.30. The first-order valence-electron chi connectivity index (χ1n) is 7.25. The van der Waals surface area contributed by atoms with Crippen LogP contribution in [-0.4, -0.2) is 11.5 Å². The molecule has 1 aromatic heterocycles. The summed E-state index contributed by atoms with van der Waals surface area (Å²) < 4.78 is 0. The average molecular weight is 309 g/mol. The van der Waals surface area contributed by atoms with Gasteiger partial charge in [-0.3, -0.25) is 4.98 Å². The minimum atomic E-state index is 0.678. The minimum Gasteiger partial charge on any atom is -0.384 e. The number of hydrogen-bond acceptors (Lipinski definition) is 2. The molecule has 1 N–H and O–H groups in total.